The van der Waals surface area contributed by atoms with Gasteiger partial charge in [0.15, 0.2) is 48.3 Å². The Morgan fingerprint density at radius 1 is 0.301 bits per heavy atom. The smallest absolute Gasteiger partial charge is 0.186 e. The van der Waals surface area contributed by atoms with Crippen molar-refractivity contribution in [1.82, 2.24) is 19.9 Å². The van der Waals surface area contributed by atoms with E-state index in [2.05, 4.69) is 39.9 Å². The summed E-state index contributed by atoms with van der Waals surface area (Å²) in [5.41, 5.74) is -2.07. The number of aliphatic hydroxyl groups excluding tert-OH is 16. The molecule has 0 aliphatic carbocycles. The zero-order valence-corrected chi connectivity index (χ0v) is 78.7. The van der Waals surface area contributed by atoms with Gasteiger partial charge in [-0.1, -0.05) is 0 Å². The molecular formula is C84H120N8O40S4. The van der Waals surface area contributed by atoms with Crippen molar-refractivity contribution in [3.63, 3.8) is 0 Å². The van der Waals surface area contributed by atoms with Crippen molar-refractivity contribution in [3.8, 4) is 46.0 Å². The molecular weight excluding hydrogens is 1890 g/mol. The van der Waals surface area contributed by atoms with E-state index in [1.54, 1.807) is 27.7 Å². The molecule has 0 amide bonds. The Balaban J connectivity index is 0.000000203. The van der Waals surface area contributed by atoms with Crippen LogP contribution in [0.2, 0.25) is 0 Å². The molecule has 4 aromatic heterocycles. The molecule has 8 aliphatic rings. The van der Waals surface area contributed by atoms with Gasteiger partial charge in [0.05, 0.1) is 130 Å². The lowest BCUT2D eigenvalue weighted by molar-refractivity contribution is -0.302. The summed E-state index contributed by atoms with van der Waals surface area (Å²) in [4.78, 5) is 81.5. The lowest BCUT2D eigenvalue weighted by Crippen LogP contribution is -2.59. The maximum atomic E-state index is 11.8. The number of nitrogens with zero attached hydrogens (tertiary/aromatic N) is 8. The summed E-state index contributed by atoms with van der Waals surface area (Å²) in [5.74, 6) is 2.70. The largest absolute Gasteiger partial charge is 0.505 e. The number of pyridine rings is 4. The Morgan fingerprint density at radius 2 is 0.485 bits per heavy atom. The molecule has 136 heavy (non-hydrogen) atoms. The molecule has 12 rings (SSSR count). The van der Waals surface area contributed by atoms with Crippen molar-refractivity contribution in [2.75, 3.05) is 155 Å². The standard InChI is InChI=1S/4C21H30N2O10S/c4*1-11(25)21(2)10-34-19(23-21)15-13(26)7-12(8-22-15)31-5-3-30-4-6-32-20-18(29)17(28)16(27)14(9-24)33-20/h4*7-8,14,16-18,20,24,26-29H,3-6,9-10H2,1-2H3/t14?,16-,17-,18?,20+,21+;14?,16-,17-,18?,20+,21-;14?,16-,17-,18?,20-,21+;14?,16-,17-,18?,20-,21-/m0101/s1. The second-order valence-corrected chi connectivity index (χ2v) is 36.3. The van der Waals surface area contributed by atoms with E-state index in [4.69, 9.17) is 96.2 Å². The number of ether oxygens (including phenoxy) is 16. The van der Waals surface area contributed by atoms with Crippen LogP contribution < -0.4 is 18.9 Å². The van der Waals surface area contributed by atoms with Crippen LogP contribution in [0.15, 0.2) is 69.0 Å². The van der Waals surface area contributed by atoms with Crippen LogP contribution in [-0.2, 0) is 76.0 Å². The second-order valence-electron chi connectivity index (χ2n) is 32.4. The van der Waals surface area contributed by atoms with E-state index in [9.17, 15) is 101 Å². The SMILES string of the molecule is CC(=O)[C@@]1(C)CSC(c2ncc(OCCOCCO[C@@H]3OC(CO)[C@@H](O)[C@@H](O)C3O)cc2O)=N1.CC(=O)[C@@]1(C)CSC(c2ncc(OCCOCCO[C@@H]3OC(CO)[C@H](O)[C@H](O)C3O)cc2O)=N1.CC(=O)[C@@]1(C)CSC(c2ncc(OCCOCCO[C@H]3OC(CO)[C@@H](O)[C@@H](O)C3O)cc2O)=N1.CC(=O)[C@@]1(C)CSC(c2ncc(OCCOCCO[C@H]3OC(CO)[C@H](O)[C@H](O)C3O)cc2O)=N1. The molecule has 0 aromatic carbocycles. The molecule has 0 saturated carbocycles. The third kappa shape index (κ3) is 30.4. The number of aliphatic hydroxyl groups is 16. The summed E-state index contributed by atoms with van der Waals surface area (Å²) in [6, 6.07) is 5.66. The van der Waals surface area contributed by atoms with Gasteiger partial charge in [0, 0.05) is 47.3 Å². The predicted octanol–water partition coefficient (Wildman–Crippen LogP) is -4.64. The molecule has 0 bridgehead atoms. The molecule has 760 valence electrons. The third-order valence-electron chi connectivity index (χ3n) is 22.0. The molecule has 8 aliphatic heterocycles. The highest BCUT2D eigenvalue weighted by Gasteiger charge is 2.49. The molecule has 20 N–H and O–H groups in total. The molecule has 52 heteroatoms. The van der Waals surface area contributed by atoms with Gasteiger partial charge in [-0.25, -0.2) is 19.9 Å². The van der Waals surface area contributed by atoms with E-state index < -0.39 is 171 Å². The van der Waals surface area contributed by atoms with Gasteiger partial charge in [0.25, 0.3) is 0 Å². The summed E-state index contributed by atoms with van der Waals surface area (Å²) < 4.78 is 85.7. The van der Waals surface area contributed by atoms with Gasteiger partial charge < -0.3 is 178 Å². The van der Waals surface area contributed by atoms with Crippen molar-refractivity contribution in [1.29, 1.82) is 0 Å². The van der Waals surface area contributed by atoms with Gasteiger partial charge in [-0.05, 0) is 55.4 Å². The fourth-order valence-corrected chi connectivity index (χ4v) is 17.9. The molecule has 4 aromatic rings. The van der Waals surface area contributed by atoms with Gasteiger partial charge in [0.1, 0.15) is 235 Å². The van der Waals surface area contributed by atoms with Crippen LogP contribution in [-0.4, -0.2) is 466 Å². The van der Waals surface area contributed by atoms with Crippen LogP contribution in [0.4, 0.5) is 0 Å². The number of carbonyl (C=O) groups excluding carboxylic acids is 4. The van der Waals surface area contributed by atoms with E-state index in [-0.39, 0.29) is 152 Å². The summed E-state index contributed by atoms with van der Waals surface area (Å²) in [7, 11) is 0. The monoisotopic (exact) mass is 2010 g/mol. The fourth-order valence-electron chi connectivity index (χ4n) is 12.9. The highest BCUT2D eigenvalue weighted by atomic mass is 32.2. The summed E-state index contributed by atoms with van der Waals surface area (Å²) >= 11 is 5.45. The minimum absolute atomic E-state index is 0.0265. The molecule has 48 nitrogen and oxygen atoms in total. The zero-order valence-electron chi connectivity index (χ0n) is 75.5. The summed E-state index contributed by atoms with van der Waals surface area (Å²) in [6.07, 6.45) is -20.8. The Labute approximate surface area is 796 Å². The normalized spacial score (nSPS) is 31.4. The molecule has 24 atom stereocenters. The average molecular weight is 2010 g/mol. The van der Waals surface area contributed by atoms with Gasteiger partial charge in [-0.15, -0.1) is 47.0 Å². The van der Waals surface area contributed by atoms with Crippen LogP contribution in [0, 0.1) is 0 Å². The van der Waals surface area contributed by atoms with E-state index in [1.807, 2.05) is 0 Å². The quantitative estimate of drug-likeness (QED) is 0.0185. The first kappa shape index (κ1) is 112. The lowest BCUT2D eigenvalue weighted by Gasteiger charge is -2.39. The van der Waals surface area contributed by atoms with E-state index in [1.165, 1.54) is 124 Å². The molecule has 4 saturated heterocycles. The van der Waals surface area contributed by atoms with Crippen LogP contribution >= 0.6 is 47.0 Å². The number of carbonyl (C=O) groups is 4. The minimum atomic E-state index is -1.50. The van der Waals surface area contributed by atoms with Crippen molar-refractivity contribution >= 4 is 90.4 Å². The van der Waals surface area contributed by atoms with E-state index in [0.717, 1.165) is 0 Å². The first-order valence-electron chi connectivity index (χ1n) is 42.9. The average Bonchev–Trinajstić information content (AvgIpc) is 1.66. The first-order valence-corrected chi connectivity index (χ1v) is 46.8. The molecule has 8 unspecified atom stereocenters. The van der Waals surface area contributed by atoms with Gasteiger partial charge in [0.2, 0.25) is 0 Å². The number of rotatable bonds is 44. The minimum Gasteiger partial charge on any atom is -0.505 e. The van der Waals surface area contributed by atoms with Crippen molar-refractivity contribution in [2.24, 2.45) is 20.0 Å². The Hall–Kier alpha value is -7.36. The maximum Gasteiger partial charge on any atom is 0.186 e. The molecule has 0 radical (unpaired) electrons. The number of aliphatic imine (C=N–C) groups is 4. The number of aromatic nitrogens is 4. The topological polar surface area (TPSA) is 722 Å². The van der Waals surface area contributed by atoms with Gasteiger partial charge in [-0.2, -0.15) is 0 Å². The maximum absolute atomic E-state index is 11.8. The predicted molar refractivity (Wildman–Crippen MR) is 480 cm³/mol. The first-order chi connectivity index (χ1) is 64.6. The molecule has 0 spiro atoms. The van der Waals surface area contributed by atoms with Gasteiger partial charge in [-0.3, -0.25) is 39.1 Å². The second kappa shape index (κ2) is 52.9. The number of Topliss-reactive ketones (excluding diaryl/α,β-unsaturated/α-hetero) is 4. The van der Waals surface area contributed by atoms with Crippen molar-refractivity contribution in [2.45, 2.75) is 200 Å². The Kier molecular flexibility index (Phi) is 43.7. The number of ketones is 4. The highest BCUT2D eigenvalue weighted by molar-refractivity contribution is 8.15. The van der Waals surface area contributed by atoms with Gasteiger partial charge >= 0.3 is 0 Å². The molecule has 4 fully saturated rings. The zero-order chi connectivity index (χ0) is 99.5. The lowest BCUT2D eigenvalue weighted by atomic mass is 9.99. The Bertz CT molecular complexity index is 4110. The number of hydrogen-bond donors (Lipinski definition) is 20. The number of hydrogen-bond acceptors (Lipinski definition) is 52. The van der Waals surface area contributed by atoms with Crippen LogP contribution in [0.5, 0.6) is 46.0 Å². The van der Waals surface area contributed by atoms with E-state index in [0.29, 0.717) is 89.0 Å². The Morgan fingerprint density at radius 3 is 0.647 bits per heavy atom. The third-order valence-corrected chi connectivity index (χ3v) is 27.0. The molecule has 12 heterocycles. The fraction of sp³-hybridized carbons (Fsp3) is 0.667. The summed E-state index contributed by atoms with van der Waals surface area (Å²) in [5, 5.41) is 197. The highest BCUT2D eigenvalue weighted by Crippen LogP contribution is 2.40. The van der Waals surface area contributed by atoms with Crippen LogP contribution in [0.25, 0.3) is 0 Å². The van der Waals surface area contributed by atoms with Crippen LogP contribution in [0.3, 0.4) is 0 Å². The van der Waals surface area contributed by atoms with Crippen LogP contribution in [0.1, 0.15) is 78.2 Å². The number of aromatic hydroxyl groups is 4. The van der Waals surface area contributed by atoms with E-state index >= 15 is 0 Å². The summed E-state index contributed by atoms with van der Waals surface area (Å²) in [6.45, 7) is 12.9. The van der Waals surface area contributed by atoms with Crippen molar-refractivity contribution in [3.05, 3.63) is 71.8 Å². The number of thioether (sulfide) groups is 4. The van der Waals surface area contributed by atoms with Crippen molar-refractivity contribution < 1.29 is 197 Å².